The molecule has 150 valence electrons. The van der Waals surface area contributed by atoms with Crippen LogP contribution in [0.25, 0.3) is 0 Å². The molecule has 0 aliphatic carbocycles. The molecule has 8 heteroatoms. The Balaban J connectivity index is 1.96. The molecule has 1 aromatic carbocycles. The van der Waals surface area contributed by atoms with E-state index in [0.29, 0.717) is 43.7 Å². The highest BCUT2D eigenvalue weighted by Crippen LogP contribution is 2.19. The standard InChI is InChI=1S/C20H25N3O5/c1-14(28-18-7-5-16(12-21)6-8-18)20(27)22-10-3-4-17(9-11-22)23(15(2)24)13-19(25)26/h5-8,14,17H,3-4,9-11,13H2,1-2H3,(H,25,26). The first kappa shape index (κ1) is 21.2. The number of amides is 2. The molecule has 1 saturated heterocycles. The summed E-state index contributed by atoms with van der Waals surface area (Å²) >= 11 is 0. The van der Waals surface area contributed by atoms with Crippen LogP contribution in [0.15, 0.2) is 24.3 Å². The normalized spacial score (nSPS) is 17.8. The number of rotatable bonds is 6. The van der Waals surface area contributed by atoms with Crippen LogP contribution in [0.5, 0.6) is 5.75 Å². The van der Waals surface area contributed by atoms with Gasteiger partial charge in [-0.2, -0.15) is 5.26 Å². The highest BCUT2D eigenvalue weighted by Gasteiger charge is 2.29. The number of aliphatic carboxylic acids is 1. The summed E-state index contributed by atoms with van der Waals surface area (Å²) in [4.78, 5) is 38.6. The van der Waals surface area contributed by atoms with Crippen LogP contribution in [0.2, 0.25) is 0 Å². The molecule has 1 N–H and O–H groups in total. The molecule has 8 nitrogen and oxygen atoms in total. The zero-order valence-electron chi connectivity index (χ0n) is 16.1. The van der Waals surface area contributed by atoms with Crippen molar-refractivity contribution in [3.8, 4) is 11.8 Å². The van der Waals surface area contributed by atoms with Crippen molar-refractivity contribution in [2.24, 2.45) is 0 Å². The molecule has 0 spiro atoms. The molecule has 1 aliphatic rings. The number of benzene rings is 1. The molecule has 1 aliphatic heterocycles. The number of nitriles is 1. The number of hydrogen-bond donors (Lipinski definition) is 1. The van der Waals surface area contributed by atoms with Gasteiger partial charge in [0.1, 0.15) is 12.3 Å². The van der Waals surface area contributed by atoms with Gasteiger partial charge in [0, 0.05) is 26.1 Å². The fourth-order valence-electron chi connectivity index (χ4n) is 3.37. The number of carbonyl (C=O) groups is 3. The Bertz CT molecular complexity index is 756. The summed E-state index contributed by atoms with van der Waals surface area (Å²) in [5.74, 6) is -0.962. The third-order valence-corrected chi connectivity index (χ3v) is 4.80. The molecule has 0 aromatic heterocycles. The van der Waals surface area contributed by atoms with Gasteiger partial charge in [0.2, 0.25) is 5.91 Å². The predicted molar refractivity (Wildman–Crippen MR) is 100 cm³/mol. The summed E-state index contributed by atoms with van der Waals surface area (Å²) in [6.07, 6.45) is 1.18. The van der Waals surface area contributed by atoms with Crippen molar-refractivity contribution >= 4 is 17.8 Å². The van der Waals surface area contributed by atoms with Crippen molar-refractivity contribution in [2.45, 2.75) is 45.3 Å². The van der Waals surface area contributed by atoms with Gasteiger partial charge in [-0.05, 0) is 50.5 Å². The second-order valence-electron chi connectivity index (χ2n) is 6.85. The minimum absolute atomic E-state index is 0.155. The van der Waals surface area contributed by atoms with Gasteiger partial charge >= 0.3 is 5.97 Å². The monoisotopic (exact) mass is 387 g/mol. The van der Waals surface area contributed by atoms with Crippen molar-refractivity contribution in [1.29, 1.82) is 5.26 Å². The Morgan fingerprint density at radius 3 is 2.54 bits per heavy atom. The highest BCUT2D eigenvalue weighted by molar-refractivity contribution is 5.81. The first-order chi connectivity index (χ1) is 13.3. The number of ether oxygens (including phenoxy) is 1. The molecule has 1 aromatic rings. The average molecular weight is 387 g/mol. The number of nitrogens with zero attached hydrogens (tertiary/aromatic N) is 3. The molecule has 2 rings (SSSR count). The van der Waals surface area contributed by atoms with Crippen LogP contribution in [0.4, 0.5) is 0 Å². The molecule has 1 fully saturated rings. The summed E-state index contributed by atoms with van der Waals surface area (Å²) in [6, 6.07) is 8.39. The van der Waals surface area contributed by atoms with E-state index >= 15 is 0 Å². The van der Waals surface area contributed by atoms with Crippen molar-refractivity contribution in [3.63, 3.8) is 0 Å². The maximum absolute atomic E-state index is 12.7. The van der Waals surface area contributed by atoms with Crippen LogP contribution >= 0.6 is 0 Å². The van der Waals surface area contributed by atoms with Crippen LogP contribution < -0.4 is 4.74 Å². The number of likely N-dealkylation sites (tertiary alicyclic amines) is 1. The fraction of sp³-hybridized carbons (Fsp3) is 0.500. The Morgan fingerprint density at radius 1 is 1.29 bits per heavy atom. The maximum atomic E-state index is 12.7. The van der Waals surface area contributed by atoms with Gasteiger partial charge < -0.3 is 19.6 Å². The first-order valence-corrected chi connectivity index (χ1v) is 9.26. The van der Waals surface area contributed by atoms with E-state index in [4.69, 9.17) is 15.1 Å². The summed E-state index contributed by atoms with van der Waals surface area (Å²) < 4.78 is 5.69. The number of hydrogen-bond acceptors (Lipinski definition) is 5. The van der Waals surface area contributed by atoms with E-state index in [-0.39, 0.29) is 24.4 Å². The largest absolute Gasteiger partial charge is 0.481 e. The molecule has 0 saturated carbocycles. The maximum Gasteiger partial charge on any atom is 0.323 e. The smallest absolute Gasteiger partial charge is 0.323 e. The van der Waals surface area contributed by atoms with E-state index in [1.807, 2.05) is 6.07 Å². The lowest BCUT2D eigenvalue weighted by Gasteiger charge is -2.29. The van der Waals surface area contributed by atoms with Crippen molar-refractivity contribution in [2.75, 3.05) is 19.6 Å². The van der Waals surface area contributed by atoms with Gasteiger partial charge in [0.25, 0.3) is 5.91 Å². The molecule has 1 heterocycles. The topological polar surface area (TPSA) is 111 Å². The molecule has 0 bridgehead atoms. The van der Waals surface area contributed by atoms with Crippen LogP contribution in [0.3, 0.4) is 0 Å². The van der Waals surface area contributed by atoms with E-state index < -0.39 is 12.1 Å². The summed E-state index contributed by atoms with van der Waals surface area (Å²) in [7, 11) is 0. The number of carboxylic acid groups (broad SMARTS) is 1. The van der Waals surface area contributed by atoms with Gasteiger partial charge in [-0.25, -0.2) is 0 Å². The second-order valence-corrected chi connectivity index (χ2v) is 6.85. The molecule has 28 heavy (non-hydrogen) atoms. The Labute approximate surface area is 164 Å². The van der Waals surface area contributed by atoms with E-state index in [2.05, 4.69) is 0 Å². The first-order valence-electron chi connectivity index (χ1n) is 9.26. The van der Waals surface area contributed by atoms with Gasteiger partial charge in [-0.3, -0.25) is 14.4 Å². The second kappa shape index (κ2) is 9.74. The molecule has 0 radical (unpaired) electrons. The zero-order chi connectivity index (χ0) is 20.7. The summed E-state index contributed by atoms with van der Waals surface area (Å²) in [6.45, 7) is 3.69. The van der Waals surface area contributed by atoms with Crippen LogP contribution in [-0.2, 0) is 14.4 Å². The fourth-order valence-corrected chi connectivity index (χ4v) is 3.37. The molecule has 2 atom stereocenters. The molecular weight excluding hydrogens is 362 g/mol. The van der Waals surface area contributed by atoms with E-state index in [0.717, 1.165) is 0 Å². The SMILES string of the molecule is CC(=O)N(CC(=O)O)C1CCCN(C(=O)C(C)Oc2ccc(C#N)cc2)CC1. The van der Waals surface area contributed by atoms with Crippen molar-refractivity contribution in [3.05, 3.63) is 29.8 Å². The van der Waals surface area contributed by atoms with Crippen LogP contribution in [0, 0.1) is 11.3 Å². The number of carboxylic acids is 1. The van der Waals surface area contributed by atoms with E-state index in [9.17, 15) is 14.4 Å². The Morgan fingerprint density at radius 2 is 1.96 bits per heavy atom. The van der Waals surface area contributed by atoms with Gasteiger partial charge in [0.15, 0.2) is 6.10 Å². The lowest BCUT2D eigenvalue weighted by molar-refractivity contribution is -0.145. The summed E-state index contributed by atoms with van der Waals surface area (Å²) in [5.41, 5.74) is 0.515. The lowest BCUT2D eigenvalue weighted by Crippen LogP contribution is -2.44. The molecular formula is C20H25N3O5. The number of carbonyl (C=O) groups excluding carboxylic acids is 2. The zero-order valence-corrected chi connectivity index (χ0v) is 16.1. The molecule has 2 unspecified atom stereocenters. The quantitative estimate of drug-likeness (QED) is 0.794. The van der Waals surface area contributed by atoms with E-state index in [1.54, 1.807) is 36.1 Å². The Kier molecular flexibility index (Phi) is 7.38. The minimum Gasteiger partial charge on any atom is -0.481 e. The van der Waals surface area contributed by atoms with Crippen molar-refractivity contribution in [1.82, 2.24) is 9.80 Å². The third kappa shape index (κ3) is 5.71. The van der Waals surface area contributed by atoms with Crippen LogP contribution in [-0.4, -0.2) is 64.5 Å². The van der Waals surface area contributed by atoms with E-state index in [1.165, 1.54) is 11.8 Å². The third-order valence-electron chi connectivity index (χ3n) is 4.80. The summed E-state index contributed by atoms with van der Waals surface area (Å²) in [5, 5.41) is 17.9. The van der Waals surface area contributed by atoms with Gasteiger partial charge in [-0.15, -0.1) is 0 Å². The molecule has 2 amide bonds. The predicted octanol–water partition coefficient (Wildman–Crippen LogP) is 1.64. The van der Waals surface area contributed by atoms with Gasteiger partial charge in [0.05, 0.1) is 11.6 Å². The Hall–Kier alpha value is -3.08. The van der Waals surface area contributed by atoms with Gasteiger partial charge in [-0.1, -0.05) is 0 Å². The lowest BCUT2D eigenvalue weighted by atomic mass is 10.1. The highest BCUT2D eigenvalue weighted by atomic mass is 16.5. The van der Waals surface area contributed by atoms with Crippen molar-refractivity contribution < 1.29 is 24.2 Å². The average Bonchev–Trinajstić information content (AvgIpc) is 2.91. The van der Waals surface area contributed by atoms with Crippen LogP contribution in [0.1, 0.15) is 38.7 Å². The minimum atomic E-state index is -1.04.